The van der Waals surface area contributed by atoms with Crippen molar-refractivity contribution in [1.29, 1.82) is 0 Å². The second kappa shape index (κ2) is 8.82. The third-order valence-electron chi connectivity index (χ3n) is 5.96. The smallest absolute Gasteiger partial charge is 0.256 e. The number of nitrogens with one attached hydrogen (secondary N) is 1. The van der Waals surface area contributed by atoms with Crippen molar-refractivity contribution >= 4 is 34.7 Å². The molecule has 3 aromatic heterocycles. The maximum absolute atomic E-state index is 13.6. The molecule has 3 heterocycles. The minimum Gasteiger partial charge on any atom is -0.336 e. The number of amides is 2. The van der Waals surface area contributed by atoms with Crippen LogP contribution in [0.4, 0.5) is 5.69 Å². The molecule has 170 valence electrons. The quantitative estimate of drug-likeness (QED) is 0.382. The molecule has 0 aliphatic carbocycles. The Labute approximate surface area is 196 Å². The summed E-state index contributed by atoms with van der Waals surface area (Å²) >= 11 is 0. The standard InChI is InChI=1S/C26H24N6O2/c1-30(16-20-15-27-23-10-6-7-11-32(20)23)26(34)21-13-19(28-17-33)14-22-25(21)31(2)24(29-22)12-18-8-4-3-5-9-18/h3-11,13-15,17H,12,16H2,1-2H3,(H,28,33). The largest absolute Gasteiger partial charge is 0.336 e. The van der Waals surface area contributed by atoms with E-state index in [1.165, 1.54) is 0 Å². The van der Waals surface area contributed by atoms with Gasteiger partial charge in [0.25, 0.3) is 5.91 Å². The van der Waals surface area contributed by atoms with E-state index in [-0.39, 0.29) is 5.91 Å². The Morgan fingerprint density at radius 3 is 2.71 bits per heavy atom. The highest BCUT2D eigenvalue weighted by Crippen LogP contribution is 2.27. The zero-order chi connectivity index (χ0) is 23.7. The summed E-state index contributed by atoms with van der Waals surface area (Å²) in [5, 5.41) is 2.67. The van der Waals surface area contributed by atoms with Gasteiger partial charge in [-0.1, -0.05) is 36.4 Å². The number of imidazole rings is 2. The first kappa shape index (κ1) is 21.4. The molecule has 1 N–H and O–H groups in total. The van der Waals surface area contributed by atoms with Crippen LogP contribution in [-0.2, 0) is 24.8 Å². The molecule has 0 saturated heterocycles. The molecule has 34 heavy (non-hydrogen) atoms. The highest BCUT2D eigenvalue weighted by Gasteiger charge is 2.22. The van der Waals surface area contributed by atoms with E-state index in [4.69, 9.17) is 4.98 Å². The molecule has 0 unspecified atom stereocenters. The van der Waals surface area contributed by atoms with Crippen LogP contribution >= 0.6 is 0 Å². The lowest BCUT2D eigenvalue weighted by Crippen LogP contribution is -2.27. The van der Waals surface area contributed by atoms with Gasteiger partial charge in [0.2, 0.25) is 6.41 Å². The predicted octanol–water partition coefficient (Wildman–Crippen LogP) is 3.65. The predicted molar refractivity (Wildman–Crippen MR) is 131 cm³/mol. The normalized spacial score (nSPS) is 11.1. The van der Waals surface area contributed by atoms with Gasteiger partial charge >= 0.3 is 0 Å². The van der Waals surface area contributed by atoms with E-state index >= 15 is 0 Å². The van der Waals surface area contributed by atoms with E-state index in [2.05, 4.69) is 22.4 Å². The number of carbonyl (C=O) groups is 2. The van der Waals surface area contributed by atoms with Crippen molar-refractivity contribution < 1.29 is 9.59 Å². The fraction of sp³-hybridized carbons (Fsp3) is 0.154. The number of fused-ring (bicyclic) bond motifs is 2. The number of hydrogen-bond acceptors (Lipinski definition) is 4. The minimum atomic E-state index is -0.167. The number of hydrogen-bond donors (Lipinski definition) is 1. The SMILES string of the molecule is CN(Cc1cnc2ccccn12)C(=O)c1cc(NC=O)cc2nc(Cc3ccccc3)n(C)c12. The zero-order valence-corrected chi connectivity index (χ0v) is 19.0. The lowest BCUT2D eigenvalue weighted by Gasteiger charge is -2.18. The molecule has 5 aromatic rings. The summed E-state index contributed by atoms with van der Waals surface area (Å²) in [7, 11) is 3.68. The third-order valence-corrected chi connectivity index (χ3v) is 5.96. The van der Waals surface area contributed by atoms with Gasteiger partial charge in [-0.3, -0.25) is 9.59 Å². The number of benzene rings is 2. The Kier molecular flexibility index (Phi) is 5.55. The Morgan fingerprint density at radius 2 is 1.91 bits per heavy atom. The third kappa shape index (κ3) is 3.90. The van der Waals surface area contributed by atoms with Crippen molar-refractivity contribution in [2.75, 3.05) is 12.4 Å². The second-order valence-corrected chi connectivity index (χ2v) is 8.24. The number of aromatic nitrogens is 4. The molecular formula is C26H24N6O2. The van der Waals surface area contributed by atoms with Crippen molar-refractivity contribution in [3.8, 4) is 0 Å². The highest BCUT2D eigenvalue weighted by molar-refractivity contribution is 6.07. The molecule has 0 bridgehead atoms. The summed E-state index contributed by atoms with van der Waals surface area (Å²) in [6.45, 7) is 0.381. The number of aryl methyl sites for hydroxylation is 1. The summed E-state index contributed by atoms with van der Waals surface area (Å²) in [6, 6.07) is 19.4. The molecule has 0 fully saturated rings. The van der Waals surface area contributed by atoms with Crippen LogP contribution in [0, 0.1) is 0 Å². The van der Waals surface area contributed by atoms with Crippen molar-refractivity contribution in [2.45, 2.75) is 13.0 Å². The van der Waals surface area contributed by atoms with Gasteiger partial charge in [-0.15, -0.1) is 0 Å². The molecule has 0 spiro atoms. The van der Waals surface area contributed by atoms with Crippen molar-refractivity contribution in [2.24, 2.45) is 7.05 Å². The van der Waals surface area contributed by atoms with Gasteiger partial charge < -0.3 is 19.2 Å². The van der Waals surface area contributed by atoms with Gasteiger partial charge in [0.15, 0.2) is 0 Å². The number of rotatable bonds is 7. The number of nitrogens with zero attached hydrogens (tertiary/aromatic N) is 5. The lowest BCUT2D eigenvalue weighted by atomic mass is 10.1. The average Bonchev–Trinajstić information content (AvgIpc) is 3.40. The first-order chi connectivity index (χ1) is 16.5. The topological polar surface area (TPSA) is 84.5 Å². The Hall–Kier alpha value is -4.46. The molecule has 0 aliphatic rings. The molecule has 0 aliphatic heterocycles. The summed E-state index contributed by atoms with van der Waals surface area (Å²) in [6.07, 6.45) is 4.94. The Morgan fingerprint density at radius 1 is 1.12 bits per heavy atom. The van der Waals surface area contributed by atoms with Gasteiger partial charge in [-0.2, -0.15) is 0 Å². The highest BCUT2D eigenvalue weighted by atomic mass is 16.2. The monoisotopic (exact) mass is 452 g/mol. The van der Waals surface area contributed by atoms with Gasteiger partial charge in [-0.05, 0) is 29.8 Å². The van der Waals surface area contributed by atoms with Crippen molar-refractivity contribution in [3.05, 3.63) is 95.7 Å². The summed E-state index contributed by atoms with van der Waals surface area (Å²) in [5.41, 5.74) is 5.26. The molecule has 2 aromatic carbocycles. The van der Waals surface area contributed by atoms with Crippen LogP contribution in [-0.4, -0.2) is 43.2 Å². The molecule has 0 radical (unpaired) electrons. The van der Waals surface area contributed by atoms with Crippen LogP contribution in [0.25, 0.3) is 16.7 Å². The molecule has 0 atom stereocenters. The molecule has 8 heteroatoms. The summed E-state index contributed by atoms with van der Waals surface area (Å²) in [5.74, 6) is 0.669. The maximum Gasteiger partial charge on any atom is 0.256 e. The fourth-order valence-corrected chi connectivity index (χ4v) is 4.27. The number of anilines is 1. The van der Waals surface area contributed by atoms with E-state index in [1.807, 2.05) is 58.6 Å². The van der Waals surface area contributed by atoms with Crippen molar-refractivity contribution in [1.82, 2.24) is 23.8 Å². The Bertz CT molecular complexity index is 1500. The van der Waals surface area contributed by atoms with E-state index < -0.39 is 0 Å². The van der Waals surface area contributed by atoms with Crippen LogP contribution in [0.5, 0.6) is 0 Å². The van der Waals surface area contributed by atoms with Gasteiger partial charge in [-0.25, -0.2) is 9.97 Å². The molecule has 8 nitrogen and oxygen atoms in total. The van der Waals surface area contributed by atoms with Crippen molar-refractivity contribution in [3.63, 3.8) is 0 Å². The van der Waals surface area contributed by atoms with Crippen LogP contribution in [0.2, 0.25) is 0 Å². The average molecular weight is 453 g/mol. The van der Waals surface area contributed by atoms with E-state index in [0.29, 0.717) is 36.1 Å². The number of carbonyl (C=O) groups excluding carboxylic acids is 2. The molecular weight excluding hydrogens is 428 g/mol. The first-order valence-electron chi connectivity index (χ1n) is 10.9. The summed E-state index contributed by atoms with van der Waals surface area (Å²) < 4.78 is 3.92. The van der Waals surface area contributed by atoms with E-state index in [9.17, 15) is 9.59 Å². The minimum absolute atomic E-state index is 0.167. The van der Waals surface area contributed by atoms with Crippen LogP contribution in [0.1, 0.15) is 27.4 Å². The van der Waals surface area contributed by atoms with Crippen LogP contribution < -0.4 is 5.32 Å². The lowest BCUT2D eigenvalue weighted by molar-refractivity contribution is -0.105. The zero-order valence-electron chi connectivity index (χ0n) is 19.0. The maximum atomic E-state index is 13.6. The van der Waals surface area contributed by atoms with Gasteiger partial charge in [0.1, 0.15) is 11.5 Å². The Balaban J connectivity index is 1.53. The van der Waals surface area contributed by atoms with Gasteiger partial charge in [0.05, 0.1) is 35.0 Å². The summed E-state index contributed by atoms with van der Waals surface area (Å²) in [4.78, 5) is 35.6. The first-order valence-corrected chi connectivity index (χ1v) is 10.9. The van der Waals surface area contributed by atoms with E-state index in [0.717, 1.165) is 28.2 Å². The fourth-order valence-electron chi connectivity index (χ4n) is 4.27. The van der Waals surface area contributed by atoms with Crippen LogP contribution in [0.3, 0.4) is 0 Å². The van der Waals surface area contributed by atoms with Gasteiger partial charge in [0, 0.05) is 32.4 Å². The molecule has 2 amide bonds. The van der Waals surface area contributed by atoms with Crippen LogP contribution in [0.15, 0.2) is 73.1 Å². The second-order valence-electron chi connectivity index (χ2n) is 8.24. The number of pyridine rings is 1. The molecule has 0 saturated carbocycles. The molecule has 5 rings (SSSR count). The van der Waals surface area contributed by atoms with E-state index in [1.54, 1.807) is 30.3 Å².